The third-order valence-corrected chi connectivity index (χ3v) is 4.33. The third kappa shape index (κ3) is 2.90. The summed E-state index contributed by atoms with van der Waals surface area (Å²) in [5.74, 6) is 0.277. The van der Waals surface area contributed by atoms with Crippen LogP contribution in [0.2, 0.25) is 0 Å². The van der Waals surface area contributed by atoms with E-state index in [1.54, 1.807) is 10.7 Å². The van der Waals surface area contributed by atoms with Crippen LogP contribution in [0.15, 0.2) is 42.6 Å². The molecule has 0 saturated carbocycles. The Morgan fingerprint density at radius 1 is 1.32 bits per heavy atom. The molecule has 3 rings (SSSR count). The Morgan fingerprint density at radius 2 is 2.09 bits per heavy atom. The van der Waals surface area contributed by atoms with E-state index in [4.69, 9.17) is 0 Å². The van der Waals surface area contributed by atoms with Crippen molar-refractivity contribution in [1.82, 2.24) is 14.7 Å². The first kappa shape index (κ1) is 14.8. The van der Waals surface area contributed by atoms with E-state index in [2.05, 4.69) is 5.10 Å². The predicted octanol–water partition coefficient (Wildman–Crippen LogP) is 2.11. The van der Waals surface area contributed by atoms with Crippen molar-refractivity contribution in [2.45, 2.75) is 25.8 Å². The second-order valence-corrected chi connectivity index (χ2v) is 5.90. The zero-order valence-electron chi connectivity index (χ0n) is 12.7. The lowest BCUT2D eigenvalue weighted by Crippen LogP contribution is -2.45. The van der Waals surface area contributed by atoms with Gasteiger partial charge in [-0.1, -0.05) is 18.2 Å². The summed E-state index contributed by atoms with van der Waals surface area (Å²) < 4.78 is 1.72. The minimum absolute atomic E-state index is 0.0291. The molecule has 1 aromatic carbocycles. The predicted molar refractivity (Wildman–Crippen MR) is 83.9 cm³/mol. The number of hydrogen-bond acceptors (Lipinski definition) is 3. The van der Waals surface area contributed by atoms with Gasteiger partial charge in [0, 0.05) is 25.4 Å². The van der Waals surface area contributed by atoms with Crippen LogP contribution in [0.4, 0.5) is 0 Å². The molecule has 22 heavy (non-hydrogen) atoms. The van der Waals surface area contributed by atoms with Crippen molar-refractivity contribution in [1.29, 1.82) is 0 Å². The summed E-state index contributed by atoms with van der Waals surface area (Å²) in [6.07, 6.45) is 3.52. The first-order valence-corrected chi connectivity index (χ1v) is 7.72. The summed E-state index contributed by atoms with van der Waals surface area (Å²) in [5.41, 5.74) is 1.41. The Morgan fingerprint density at radius 3 is 2.77 bits per heavy atom. The fraction of sp³-hybridized carbons (Fsp3) is 0.412. The van der Waals surface area contributed by atoms with Crippen LogP contribution in [-0.2, 0) is 0 Å². The first-order chi connectivity index (χ1) is 10.7. The number of nitrogens with zero attached hydrogens (tertiary/aromatic N) is 3. The van der Waals surface area contributed by atoms with Gasteiger partial charge in [0.15, 0.2) is 5.69 Å². The molecule has 5 nitrogen and oxygen atoms in total. The summed E-state index contributed by atoms with van der Waals surface area (Å²) in [7, 11) is 0. The van der Waals surface area contributed by atoms with Gasteiger partial charge in [0.25, 0.3) is 5.91 Å². The van der Waals surface area contributed by atoms with E-state index in [0.29, 0.717) is 18.2 Å². The first-order valence-electron chi connectivity index (χ1n) is 7.72. The SMILES string of the molecule is C[C@H]1C[C@@H](CO)CCN1C(=O)c1ccn(-c2ccccc2)n1. The van der Waals surface area contributed by atoms with Crippen molar-refractivity contribution in [3.05, 3.63) is 48.3 Å². The molecule has 1 N–H and O–H groups in total. The molecule has 5 heteroatoms. The van der Waals surface area contributed by atoms with E-state index in [1.165, 1.54) is 0 Å². The normalized spacial score (nSPS) is 21.8. The van der Waals surface area contributed by atoms with Gasteiger partial charge in [-0.2, -0.15) is 5.10 Å². The van der Waals surface area contributed by atoms with Gasteiger partial charge in [0.1, 0.15) is 0 Å². The van der Waals surface area contributed by atoms with E-state index in [9.17, 15) is 9.90 Å². The van der Waals surface area contributed by atoms with Crippen LogP contribution in [0.3, 0.4) is 0 Å². The average Bonchev–Trinajstić information content (AvgIpc) is 3.05. The zero-order valence-corrected chi connectivity index (χ0v) is 12.7. The molecule has 1 aromatic heterocycles. The number of aliphatic hydroxyl groups is 1. The van der Waals surface area contributed by atoms with Gasteiger partial charge in [0.2, 0.25) is 0 Å². The molecule has 0 aliphatic carbocycles. The van der Waals surface area contributed by atoms with E-state index in [1.807, 2.05) is 48.4 Å². The Kier molecular flexibility index (Phi) is 4.24. The van der Waals surface area contributed by atoms with Gasteiger partial charge in [-0.3, -0.25) is 4.79 Å². The van der Waals surface area contributed by atoms with Crippen molar-refractivity contribution in [2.75, 3.05) is 13.2 Å². The molecule has 1 fully saturated rings. The number of benzene rings is 1. The van der Waals surface area contributed by atoms with E-state index >= 15 is 0 Å². The van der Waals surface area contributed by atoms with Crippen molar-refractivity contribution in [2.24, 2.45) is 5.92 Å². The number of piperidine rings is 1. The molecular weight excluding hydrogens is 278 g/mol. The average molecular weight is 299 g/mol. The lowest BCUT2D eigenvalue weighted by molar-refractivity contribution is 0.0509. The molecule has 1 aliphatic heterocycles. The second kappa shape index (κ2) is 6.32. The fourth-order valence-corrected chi connectivity index (χ4v) is 3.05. The Bertz CT molecular complexity index is 638. The number of amides is 1. The number of carbonyl (C=O) groups excluding carboxylic acids is 1. The van der Waals surface area contributed by atoms with Gasteiger partial charge in [-0.05, 0) is 43.9 Å². The molecule has 1 aliphatic rings. The highest BCUT2D eigenvalue weighted by Gasteiger charge is 2.30. The summed E-state index contributed by atoms with van der Waals surface area (Å²) in [6, 6.07) is 11.7. The summed E-state index contributed by atoms with van der Waals surface area (Å²) in [5, 5.41) is 13.7. The lowest BCUT2D eigenvalue weighted by Gasteiger charge is -2.36. The third-order valence-electron chi connectivity index (χ3n) is 4.33. The topological polar surface area (TPSA) is 58.4 Å². The molecule has 2 aromatic rings. The number of likely N-dealkylation sites (tertiary alicyclic amines) is 1. The highest BCUT2D eigenvalue weighted by Crippen LogP contribution is 2.23. The number of carbonyl (C=O) groups is 1. The standard InChI is InChI=1S/C17H21N3O2/c1-13-11-14(12-21)7-9-19(13)17(22)16-8-10-20(18-16)15-5-3-2-4-6-15/h2-6,8,10,13-14,21H,7,9,11-12H2,1H3/t13-,14-/m0/s1. The van der Waals surface area contributed by atoms with Gasteiger partial charge < -0.3 is 10.0 Å². The molecular formula is C17H21N3O2. The Labute approximate surface area is 130 Å². The molecule has 2 atom stereocenters. The quantitative estimate of drug-likeness (QED) is 0.944. The Hall–Kier alpha value is -2.14. The van der Waals surface area contributed by atoms with Crippen molar-refractivity contribution in [3.8, 4) is 5.69 Å². The summed E-state index contributed by atoms with van der Waals surface area (Å²) in [4.78, 5) is 14.5. The molecule has 116 valence electrons. The van der Waals surface area contributed by atoms with Crippen LogP contribution >= 0.6 is 0 Å². The number of aliphatic hydroxyl groups excluding tert-OH is 1. The van der Waals surface area contributed by atoms with Gasteiger partial charge in [0.05, 0.1) is 5.69 Å². The lowest BCUT2D eigenvalue weighted by atomic mass is 9.92. The number of hydrogen-bond donors (Lipinski definition) is 1. The fourth-order valence-electron chi connectivity index (χ4n) is 3.05. The second-order valence-electron chi connectivity index (χ2n) is 5.90. The molecule has 2 heterocycles. The van der Waals surface area contributed by atoms with Crippen LogP contribution in [0.1, 0.15) is 30.3 Å². The smallest absolute Gasteiger partial charge is 0.274 e. The van der Waals surface area contributed by atoms with E-state index < -0.39 is 0 Å². The maximum Gasteiger partial charge on any atom is 0.274 e. The maximum atomic E-state index is 12.6. The van der Waals surface area contributed by atoms with Gasteiger partial charge >= 0.3 is 0 Å². The van der Waals surface area contributed by atoms with Crippen LogP contribution in [0, 0.1) is 5.92 Å². The van der Waals surface area contributed by atoms with Crippen LogP contribution in [0.5, 0.6) is 0 Å². The zero-order chi connectivity index (χ0) is 15.5. The highest BCUT2D eigenvalue weighted by atomic mass is 16.3. The maximum absolute atomic E-state index is 12.6. The van der Waals surface area contributed by atoms with Crippen molar-refractivity contribution >= 4 is 5.91 Å². The van der Waals surface area contributed by atoms with Crippen LogP contribution < -0.4 is 0 Å². The van der Waals surface area contributed by atoms with Crippen LogP contribution in [0.25, 0.3) is 5.69 Å². The van der Waals surface area contributed by atoms with E-state index in [0.717, 1.165) is 18.5 Å². The molecule has 0 radical (unpaired) electrons. The Balaban J connectivity index is 1.75. The molecule has 0 bridgehead atoms. The number of para-hydroxylation sites is 1. The number of aromatic nitrogens is 2. The largest absolute Gasteiger partial charge is 0.396 e. The highest BCUT2D eigenvalue weighted by molar-refractivity contribution is 5.92. The monoisotopic (exact) mass is 299 g/mol. The summed E-state index contributed by atoms with van der Waals surface area (Å²) in [6.45, 7) is 2.92. The van der Waals surface area contributed by atoms with Crippen molar-refractivity contribution in [3.63, 3.8) is 0 Å². The van der Waals surface area contributed by atoms with Crippen LogP contribution in [-0.4, -0.2) is 44.9 Å². The minimum atomic E-state index is -0.0291. The van der Waals surface area contributed by atoms with Gasteiger partial charge in [-0.15, -0.1) is 0 Å². The van der Waals surface area contributed by atoms with Crippen molar-refractivity contribution < 1.29 is 9.90 Å². The molecule has 1 amide bonds. The van der Waals surface area contributed by atoms with E-state index in [-0.39, 0.29) is 18.6 Å². The molecule has 0 unspecified atom stereocenters. The summed E-state index contributed by atoms with van der Waals surface area (Å²) >= 11 is 0. The van der Waals surface area contributed by atoms with Gasteiger partial charge in [-0.25, -0.2) is 4.68 Å². The minimum Gasteiger partial charge on any atom is -0.396 e. The molecule has 1 saturated heterocycles. The molecule has 0 spiro atoms. The number of rotatable bonds is 3.